The van der Waals surface area contributed by atoms with Crippen molar-refractivity contribution in [1.29, 1.82) is 0 Å². The van der Waals surface area contributed by atoms with Gasteiger partial charge in [0.25, 0.3) is 11.8 Å². The van der Waals surface area contributed by atoms with Crippen LogP contribution in [-0.2, 0) is 19.2 Å². The smallest absolute Gasteiger partial charge is 0.294 e. The van der Waals surface area contributed by atoms with Crippen LogP contribution in [0.1, 0.15) is 46.5 Å². The van der Waals surface area contributed by atoms with E-state index in [1.807, 2.05) is 0 Å². The number of allylic oxidation sites excluding steroid dienone is 3. The number of aliphatic hydroxyl groups excluding tert-OH is 1. The van der Waals surface area contributed by atoms with Crippen LogP contribution in [0.25, 0.3) is 0 Å². The van der Waals surface area contributed by atoms with Crippen molar-refractivity contribution >= 4 is 29.3 Å². The van der Waals surface area contributed by atoms with Crippen LogP contribution in [0.4, 0.5) is 4.39 Å². The SMILES string of the molecule is C/C=C(F)\C=C/C(C)CNC(=O)/C=C(\O)C(=O)N1CC2(O)CCC(N(C)C(=O)C(C)=O)(CC2)C1=NC. The summed E-state index contributed by atoms with van der Waals surface area (Å²) in [6.45, 7) is 4.40. The number of carbonyl (C=O) groups is 4. The second-order valence-corrected chi connectivity index (χ2v) is 9.40. The molecular formula is C25H35FN4O6. The number of halogens is 1. The van der Waals surface area contributed by atoms with Crippen LogP contribution in [0, 0.1) is 5.92 Å². The Bertz CT molecular complexity index is 1020. The number of ketones is 1. The Labute approximate surface area is 210 Å². The van der Waals surface area contributed by atoms with Crippen molar-refractivity contribution in [3.8, 4) is 0 Å². The van der Waals surface area contributed by atoms with Gasteiger partial charge in [-0.05, 0) is 44.6 Å². The Morgan fingerprint density at radius 3 is 2.39 bits per heavy atom. The highest BCUT2D eigenvalue weighted by Crippen LogP contribution is 2.44. The number of fused-ring (bicyclic) bond motifs is 4. The number of rotatable bonds is 8. The van der Waals surface area contributed by atoms with Crippen LogP contribution in [-0.4, -0.2) is 87.7 Å². The lowest BCUT2D eigenvalue weighted by Crippen LogP contribution is -2.61. The minimum absolute atomic E-state index is 0.128. The molecule has 3 rings (SSSR count). The molecule has 3 amide bonds. The zero-order chi connectivity index (χ0) is 27.3. The van der Waals surface area contributed by atoms with Crippen LogP contribution >= 0.6 is 0 Å². The predicted molar refractivity (Wildman–Crippen MR) is 132 cm³/mol. The van der Waals surface area contributed by atoms with E-state index in [-0.39, 0.29) is 50.5 Å². The number of likely N-dealkylation sites (N-methyl/N-ethyl adjacent to an activating group) is 1. The first-order valence-electron chi connectivity index (χ1n) is 11.8. The predicted octanol–water partition coefficient (Wildman–Crippen LogP) is 1.57. The minimum atomic E-state index is -1.28. The molecule has 1 saturated carbocycles. The minimum Gasteiger partial charge on any atom is -0.503 e. The van der Waals surface area contributed by atoms with Crippen molar-refractivity contribution in [2.24, 2.45) is 10.9 Å². The molecule has 1 atom stereocenters. The molecule has 11 heteroatoms. The lowest BCUT2D eigenvalue weighted by molar-refractivity contribution is -0.146. The van der Waals surface area contributed by atoms with Gasteiger partial charge in [0, 0.05) is 27.6 Å². The maximum atomic E-state index is 13.2. The molecule has 0 spiro atoms. The number of hydrogen-bond acceptors (Lipinski definition) is 7. The lowest BCUT2D eigenvalue weighted by Gasteiger charge is -2.45. The Kier molecular flexibility index (Phi) is 9.31. The number of Topliss-reactive ketones (excluding diaryl/α,β-unsaturated/α-hetero) is 1. The summed E-state index contributed by atoms with van der Waals surface area (Å²) in [5, 5.41) is 24.1. The molecular weight excluding hydrogens is 471 g/mol. The van der Waals surface area contributed by atoms with E-state index in [0.29, 0.717) is 0 Å². The molecule has 0 aromatic heterocycles. The van der Waals surface area contributed by atoms with E-state index in [2.05, 4.69) is 10.3 Å². The zero-order valence-corrected chi connectivity index (χ0v) is 21.4. The van der Waals surface area contributed by atoms with E-state index in [1.165, 1.54) is 31.1 Å². The molecule has 2 saturated heterocycles. The average molecular weight is 507 g/mol. The van der Waals surface area contributed by atoms with E-state index < -0.39 is 46.2 Å². The monoisotopic (exact) mass is 506 g/mol. The van der Waals surface area contributed by atoms with Gasteiger partial charge in [0.2, 0.25) is 11.7 Å². The van der Waals surface area contributed by atoms with E-state index in [1.54, 1.807) is 19.9 Å². The summed E-state index contributed by atoms with van der Waals surface area (Å²) in [4.78, 5) is 56.5. The standard InChI is InChI=1S/C25H35FN4O6/c1-6-18(26)8-7-16(2)14-28-20(33)13-19(32)22(35)30-15-24(36)9-11-25(12-10-24,23(30)27-4)29(5)21(34)17(3)31/h6-8,13,16,32,36H,9-12,14-15H2,1-5H3,(H,28,33)/b8-7-,18-6+,19-13-,27-23?. The molecule has 0 radical (unpaired) electrons. The molecule has 2 bridgehead atoms. The van der Waals surface area contributed by atoms with Gasteiger partial charge in [-0.15, -0.1) is 0 Å². The van der Waals surface area contributed by atoms with Crippen LogP contribution < -0.4 is 5.32 Å². The quantitative estimate of drug-likeness (QED) is 0.198. The zero-order valence-electron chi connectivity index (χ0n) is 21.4. The molecule has 3 aliphatic rings. The summed E-state index contributed by atoms with van der Waals surface area (Å²) < 4.78 is 13.2. The van der Waals surface area contributed by atoms with Crippen LogP contribution in [0.15, 0.2) is 40.9 Å². The molecule has 1 unspecified atom stereocenters. The molecule has 3 N–H and O–H groups in total. The van der Waals surface area contributed by atoms with E-state index in [0.717, 1.165) is 17.9 Å². The van der Waals surface area contributed by atoms with Gasteiger partial charge in [-0.2, -0.15) is 0 Å². The van der Waals surface area contributed by atoms with Crippen LogP contribution in [0.2, 0.25) is 0 Å². The van der Waals surface area contributed by atoms with Crippen molar-refractivity contribution in [3.63, 3.8) is 0 Å². The molecule has 3 fully saturated rings. The fraction of sp³-hybridized carbons (Fsp3) is 0.560. The number of hydrogen-bond donors (Lipinski definition) is 3. The van der Waals surface area contributed by atoms with Crippen LogP contribution in [0.3, 0.4) is 0 Å². The van der Waals surface area contributed by atoms with Gasteiger partial charge >= 0.3 is 0 Å². The first kappa shape index (κ1) is 28.9. The highest BCUT2D eigenvalue weighted by Gasteiger charge is 2.56. The molecule has 0 aromatic rings. The summed E-state index contributed by atoms with van der Waals surface area (Å²) >= 11 is 0. The Hall–Kier alpha value is -3.34. The molecule has 1 aliphatic carbocycles. The maximum absolute atomic E-state index is 13.2. The summed E-state index contributed by atoms with van der Waals surface area (Å²) in [5.41, 5.74) is -2.42. The van der Waals surface area contributed by atoms with Gasteiger partial charge in [0.05, 0.1) is 18.2 Å². The fourth-order valence-electron chi connectivity index (χ4n) is 4.60. The number of nitrogens with one attached hydrogen (secondary N) is 1. The third-order valence-electron chi connectivity index (χ3n) is 6.78. The summed E-state index contributed by atoms with van der Waals surface area (Å²) in [6, 6.07) is 0. The largest absolute Gasteiger partial charge is 0.503 e. The van der Waals surface area contributed by atoms with Gasteiger partial charge in [0.1, 0.15) is 17.2 Å². The Morgan fingerprint density at radius 1 is 1.25 bits per heavy atom. The second-order valence-electron chi connectivity index (χ2n) is 9.40. The lowest BCUT2D eigenvalue weighted by atomic mass is 9.74. The van der Waals surface area contributed by atoms with Crippen molar-refractivity contribution < 1.29 is 33.8 Å². The maximum Gasteiger partial charge on any atom is 0.294 e. The van der Waals surface area contributed by atoms with Gasteiger partial charge in [-0.1, -0.05) is 19.1 Å². The molecule has 36 heavy (non-hydrogen) atoms. The fourth-order valence-corrected chi connectivity index (χ4v) is 4.60. The van der Waals surface area contributed by atoms with Crippen molar-refractivity contribution in [2.45, 2.75) is 57.6 Å². The van der Waals surface area contributed by atoms with Crippen molar-refractivity contribution in [3.05, 3.63) is 35.9 Å². The van der Waals surface area contributed by atoms with Crippen LogP contribution in [0.5, 0.6) is 0 Å². The first-order valence-corrected chi connectivity index (χ1v) is 11.8. The summed E-state index contributed by atoms with van der Waals surface area (Å²) in [6.07, 6.45) is 5.89. The third kappa shape index (κ3) is 6.26. The number of aliphatic hydroxyl groups is 2. The molecule has 2 heterocycles. The molecule has 2 aliphatic heterocycles. The highest BCUT2D eigenvalue weighted by atomic mass is 19.1. The summed E-state index contributed by atoms with van der Waals surface area (Å²) in [5.74, 6) is -4.52. The number of carbonyl (C=O) groups excluding carboxylic acids is 4. The van der Waals surface area contributed by atoms with Gasteiger partial charge < -0.3 is 20.4 Å². The van der Waals surface area contributed by atoms with Crippen molar-refractivity contribution in [1.82, 2.24) is 15.1 Å². The Balaban J connectivity index is 2.27. The average Bonchev–Trinajstić information content (AvgIpc) is 3.06. The van der Waals surface area contributed by atoms with Gasteiger partial charge in [-0.25, -0.2) is 4.39 Å². The van der Waals surface area contributed by atoms with E-state index in [9.17, 15) is 33.8 Å². The van der Waals surface area contributed by atoms with E-state index in [4.69, 9.17) is 0 Å². The number of amidine groups is 1. The van der Waals surface area contributed by atoms with Gasteiger partial charge in [0.15, 0.2) is 5.76 Å². The van der Waals surface area contributed by atoms with E-state index >= 15 is 0 Å². The van der Waals surface area contributed by atoms with Gasteiger partial charge in [-0.3, -0.25) is 29.1 Å². The highest BCUT2D eigenvalue weighted by molar-refractivity contribution is 6.35. The van der Waals surface area contributed by atoms with Crippen molar-refractivity contribution in [2.75, 3.05) is 27.2 Å². The second kappa shape index (κ2) is 11.6. The number of amides is 3. The number of aliphatic imine (C=N–C) groups is 1. The summed E-state index contributed by atoms with van der Waals surface area (Å²) in [7, 11) is 2.87. The molecule has 198 valence electrons. The molecule has 0 aromatic carbocycles. The number of nitrogens with zero attached hydrogens (tertiary/aromatic N) is 3. The first-order chi connectivity index (χ1) is 16.8. The topological polar surface area (TPSA) is 140 Å². The third-order valence-corrected chi connectivity index (χ3v) is 6.78. The normalized spacial score (nSPS) is 26.6. The Morgan fingerprint density at radius 2 is 1.86 bits per heavy atom. The molecule has 10 nitrogen and oxygen atoms in total.